The Labute approximate surface area is 102 Å². The number of aliphatic carboxylic acids is 1. The van der Waals surface area contributed by atoms with Crippen LogP contribution in [0.3, 0.4) is 0 Å². The Morgan fingerprint density at radius 1 is 1.47 bits per heavy atom. The first-order valence-corrected chi connectivity index (χ1v) is 5.99. The lowest BCUT2D eigenvalue weighted by Crippen LogP contribution is -2.15. The third-order valence-corrected chi connectivity index (χ3v) is 3.81. The maximum Gasteiger partial charge on any atom is 0.312 e. The summed E-state index contributed by atoms with van der Waals surface area (Å²) in [5.74, 6) is -1.76. The van der Waals surface area contributed by atoms with E-state index in [4.69, 9.17) is 10.4 Å². The zero-order valence-corrected chi connectivity index (χ0v) is 9.76. The molecule has 0 fully saturated rings. The third-order valence-electron chi connectivity index (χ3n) is 2.60. The summed E-state index contributed by atoms with van der Waals surface area (Å²) in [6, 6.07) is 2.08. The Balaban J connectivity index is 2.20. The topological polar surface area (TPSA) is 90.2 Å². The van der Waals surface area contributed by atoms with Gasteiger partial charge in [0.1, 0.15) is 17.5 Å². The zero-order valence-electron chi connectivity index (χ0n) is 8.95. The summed E-state index contributed by atoms with van der Waals surface area (Å²) in [5, 5.41) is 20.5. The maximum absolute atomic E-state index is 11.3. The van der Waals surface area contributed by atoms with Gasteiger partial charge in [-0.3, -0.25) is 9.59 Å². The molecule has 1 amide bonds. The van der Waals surface area contributed by atoms with Crippen molar-refractivity contribution in [3.63, 3.8) is 0 Å². The Bertz CT molecular complexity index is 528. The van der Waals surface area contributed by atoms with E-state index in [9.17, 15) is 9.59 Å². The monoisotopic (exact) mass is 250 g/mol. The lowest BCUT2D eigenvalue weighted by molar-refractivity contribution is -0.139. The molecular formula is C11H10N2O3S. The molecule has 0 bridgehead atoms. The van der Waals surface area contributed by atoms with Crippen LogP contribution in [0.1, 0.15) is 28.8 Å². The minimum absolute atomic E-state index is 0.489. The fourth-order valence-corrected chi connectivity index (χ4v) is 3.17. The standard InChI is InChI=1S/C11H10N2O3S/c12-5-7-6-2-1-3-8(6)17-11(7)13-9(14)4-10(15)16/h1-4H2,(H,13,14)(H,15,16). The van der Waals surface area contributed by atoms with E-state index >= 15 is 0 Å². The minimum Gasteiger partial charge on any atom is -0.481 e. The van der Waals surface area contributed by atoms with E-state index in [1.807, 2.05) is 0 Å². The number of hydrogen-bond acceptors (Lipinski definition) is 4. The first kappa shape index (κ1) is 11.6. The van der Waals surface area contributed by atoms with Gasteiger partial charge < -0.3 is 10.4 Å². The van der Waals surface area contributed by atoms with Gasteiger partial charge >= 0.3 is 5.97 Å². The molecule has 88 valence electrons. The van der Waals surface area contributed by atoms with Crippen LogP contribution in [0.25, 0.3) is 0 Å². The molecule has 0 spiro atoms. The molecule has 0 aromatic carbocycles. The summed E-state index contributed by atoms with van der Waals surface area (Å²) >= 11 is 1.38. The number of nitrogens with one attached hydrogen (secondary N) is 1. The number of aryl methyl sites for hydroxylation is 1. The Hall–Kier alpha value is -1.87. The van der Waals surface area contributed by atoms with Crippen LogP contribution >= 0.6 is 11.3 Å². The van der Waals surface area contributed by atoms with E-state index in [0.29, 0.717) is 10.6 Å². The van der Waals surface area contributed by atoms with Crippen molar-refractivity contribution < 1.29 is 14.7 Å². The van der Waals surface area contributed by atoms with Crippen molar-refractivity contribution >= 4 is 28.2 Å². The van der Waals surface area contributed by atoms with Gasteiger partial charge in [-0.2, -0.15) is 5.26 Å². The number of carboxylic acids is 1. The molecule has 17 heavy (non-hydrogen) atoms. The van der Waals surface area contributed by atoms with E-state index in [-0.39, 0.29) is 0 Å². The van der Waals surface area contributed by atoms with Gasteiger partial charge in [0.15, 0.2) is 0 Å². The Morgan fingerprint density at radius 3 is 2.88 bits per heavy atom. The van der Waals surface area contributed by atoms with Crippen molar-refractivity contribution in [3.8, 4) is 6.07 Å². The maximum atomic E-state index is 11.3. The molecule has 0 unspecified atom stereocenters. The van der Waals surface area contributed by atoms with Crippen LogP contribution in [0.5, 0.6) is 0 Å². The number of anilines is 1. The number of nitriles is 1. The van der Waals surface area contributed by atoms with Crippen LogP contribution in [-0.4, -0.2) is 17.0 Å². The fraction of sp³-hybridized carbons (Fsp3) is 0.364. The number of nitrogens with zero attached hydrogens (tertiary/aromatic N) is 1. The molecule has 0 radical (unpaired) electrons. The van der Waals surface area contributed by atoms with Gasteiger partial charge in [-0.25, -0.2) is 0 Å². The van der Waals surface area contributed by atoms with Crippen molar-refractivity contribution in [1.29, 1.82) is 5.26 Å². The SMILES string of the molecule is N#Cc1c(NC(=O)CC(=O)O)sc2c1CCC2. The molecule has 5 nitrogen and oxygen atoms in total. The number of fused-ring (bicyclic) bond motifs is 1. The van der Waals surface area contributed by atoms with Crippen molar-refractivity contribution in [3.05, 3.63) is 16.0 Å². The lowest BCUT2D eigenvalue weighted by atomic mass is 10.1. The number of amides is 1. The summed E-state index contributed by atoms with van der Waals surface area (Å²) < 4.78 is 0. The van der Waals surface area contributed by atoms with Gasteiger partial charge in [0.2, 0.25) is 5.91 Å². The normalized spacial score (nSPS) is 12.9. The summed E-state index contributed by atoms with van der Waals surface area (Å²) in [4.78, 5) is 22.8. The van der Waals surface area contributed by atoms with E-state index in [1.165, 1.54) is 11.3 Å². The predicted octanol–water partition coefficient (Wildman–Crippen LogP) is 1.52. The van der Waals surface area contributed by atoms with Gasteiger partial charge in [-0.05, 0) is 24.8 Å². The molecule has 1 aromatic rings. The second kappa shape index (κ2) is 4.55. The van der Waals surface area contributed by atoms with E-state index < -0.39 is 18.3 Å². The number of carbonyl (C=O) groups is 2. The van der Waals surface area contributed by atoms with Crippen molar-refractivity contribution in [2.24, 2.45) is 0 Å². The van der Waals surface area contributed by atoms with Crippen LogP contribution < -0.4 is 5.32 Å². The van der Waals surface area contributed by atoms with E-state index in [2.05, 4.69) is 11.4 Å². The average molecular weight is 250 g/mol. The van der Waals surface area contributed by atoms with Crippen LogP contribution in [-0.2, 0) is 22.4 Å². The van der Waals surface area contributed by atoms with Crippen molar-refractivity contribution in [2.45, 2.75) is 25.7 Å². The van der Waals surface area contributed by atoms with Gasteiger partial charge in [0.05, 0.1) is 5.56 Å². The molecule has 0 saturated carbocycles. The number of carboxylic acid groups (broad SMARTS) is 1. The zero-order chi connectivity index (χ0) is 12.4. The van der Waals surface area contributed by atoms with Gasteiger partial charge in [0.25, 0.3) is 0 Å². The molecule has 1 heterocycles. The first-order chi connectivity index (χ1) is 8.11. The number of hydrogen-bond donors (Lipinski definition) is 2. The Morgan fingerprint density at radius 2 is 2.24 bits per heavy atom. The Kier molecular flexibility index (Phi) is 3.11. The number of carbonyl (C=O) groups excluding carboxylic acids is 1. The average Bonchev–Trinajstić information content (AvgIpc) is 2.75. The molecule has 0 atom stereocenters. The number of thiophene rings is 1. The largest absolute Gasteiger partial charge is 0.481 e. The highest BCUT2D eigenvalue weighted by atomic mass is 32.1. The second-order valence-corrected chi connectivity index (χ2v) is 4.90. The number of rotatable bonds is 3. The molecule has 1 aliphatic rings. The highest BCUT2D eigenvalue weighted by Crippen LogP contribution is 2.38. The van der Waals surface area contributed by atoms with Gasteiger partial charge in [0, 0.05) is 4.88 Å². The highest BCUT2D eigenvalue weighted by molar-refractivity contribution is 7.16. The molecule has 0 saturated heterocycles. The van der Waals surface area contributed by atoms with E-state index in [0.717, 1.165) is 29.7 Å². The molecule has 6 heteroatoms. The fourth-order valence-electron chi connectivity index (χ4n) is 1.92. The molecule has 1 aromatic heterocycles. The quantitative estimate of drug-likeness (QED) is 0.796. The summed E-state index contributed by atoms with van der Waals surface area (Å²) in [6.45, 7) is 0. The molecule has 1 aliphatic carbocycles. The minimum atomic E-state index is -1.18. The summed E-state index contributed by atoms with van der Waals surface area (Å²) in [7, 11) is 0. The van der Waals surface area contributed by atoms with Crippen molar-refractivity contribution in [2.75, 3.05) is 5.32 Å². The smallest absolute Gasteiger partial charge is 0.312 e. The summed E-state index contributed by atoms with van der Waals surface area (Å²) in [6.07, 6.45) is 2.26. The van der Waals surface area contributed by atoms with Crippen LogP contribution in [0.4, 0.5) is 5.00 Å². The van der Waals surface area contributed by atoms with Gasteiger partial charge in [-0.1, -0.05) is 0 Å². The predicted molar refractivity (Wildman–Crippen MR) is 61.9 cm³/mol. The third kappa shape index (κ3) is 2.29. The first-order valence-electron chi connectivity index (χ1n) is 5.18. The van der Waals surface area contributed by atoms with E-state index in [1.54, 1.807) is 0 Å². The second-order valence-electron chi connectivity index (χ2n) is 3.79. The van der Waals surface area contributed by atoms with Crippen LogP contribution in [0, 0.1) is 11.3 Å². The summed E-state index contributed by atoms with van der Waals surface area (Å²) in [5.41, 5.74) is 1.52. The van der Waals surface area contributed by atoms with Gasteiger partial charge in [-0.15, -0.1) is 11.3 Å². The molecular weight excluding hydrogens is 240 g/mol. The molecule has 2 N–H and O–H groups in total. The van der Waals surface area contributed by atoms with Crippen LogP contribution in [0.2, 0.25) is 0 Å². The van der Waals surface area contributed by atoms with Crippen LogP contribution in [0.15, 0.2) is 0 Å². The lowest BCUT2D eigenvalue weighted by Gasteiger charge is -2.01. The highest BCUT2D eigenvalue weighted by Gasteiger charge is 2.23. The molecule has 2 rings (SSSR count). The molecule has 0 aliphatic heterocycles. The van der Waals surface area contributed by atoms with Crippen molar-refractivity contribution in [1.82, 2.24) is 0 Å².